The SMILES string of the molecule is COc1ccc(S(C)(=O)=O)c2c1C(F)C(F)(F)C2=O. The van der Waals surface area contributed by atoms with Gasteiger partial charge in [0.15, 0.2) is 9.84 Å². The molecular formula is C11H9F3O4S. The van der Waals surface area contributed by atoms with Crippen molar-refractivity contribution < 1.29 is 31.1 Å². The summed E-state index contributed by atoms with van der Waals surface area (Å²) in [5, 5.41) is 0. The summed E-state index contributed by atoms with van der Waals surface area (Å²) in [4.78, 5) is 10.9. The van der Waals surface area contributed by atoms with Crippen LogP contribution in [0.3, 0.4) is 0 Å². The number of methoxy groups -OCH3 is 1. The van der Waals surface area contributed by atoms with E-state index in [0.717, 1.165) is 25.5 Å². The summed E-state index contributed by atoms with van der Waals surface area (Å²) in [6.45, 7) is 0. The molecule has 8 heteroatoms. The van der Waals surface area contributed by atoms with Gasteiger partial charge < -0.3 is 4.74 Å². The van der Waals surface area contributed by atoms with E-state index in [1.807, 2.05) is 0 Å². The number of rotatable bonds is 2. The van der Waals surface area contributed by atoms with Crippen LogP contribution in [0.25, 0.3) is 0 Å². The van der Waals surface area contributed by atoms with E-state index >= 15 is 0 Å². The molecule has 0 N–H and O–H groups in total. The van der Waals surface area contributed by atoms with Crippen LogP contribution in [0.2, 0.25) is 0 Å². The standard InChI is InChI=1S/C11H9F3O4S/c1-18-5-3-4-6(19(2,16)17)8-7(5)9(12)11(13,14)10(8)15/h3-4,9H,1-2H3. The van der Waals surface area contributed by atoms with E-state index in [4.69, 9.17) is 4.74 Å². The Morgan fingerprint density at radius 3 is 2.37 bits per heavy atom. The van der Waals surface area contributed by atoms with E-state index in [0.29, 0.717) is 0 Å². The van der Waals surface area contributed by atoms with Crippen molar-refractivity contribution in [3.05, 3.63) is 23.3 Å². The molecule has 19 heavy (non-hydrogen) atoms. The first-order valence-electron chi connectivity index (χ1n) is 5.10. The molecule has 0 fully saturated rings. The average molecular weight is 294 g/mol. The largest absolute Gasteiger partial charge is 0.496 e. The van der Waals surface area contributed by atoms with Crippen molar-refractivity contribution in [1.82, 2.24) is 0 Å². The van der Waals surface area contributed by atoms with Crippen LogP contribution >= 0.6 is 0 Å². The first-order valence-corrected chi connectivity index (χ1v) is 6.99. The number of carbonyl (C=O) groups excluding carboxylic acids is 1. The van der Waals surface area contributed by atoms with E-state index in [2.05, 4.69) is 0 Å². The number of ketones is 1. The lowest BCUT2D eigenvalue weighted by molar-refractivity contribution is -0.0369. The summed E-state index contributed by atoms with van der Waals surface area (Å²) in [7, 11) is -2.82. The van der Waals surface area contributed by atoms with E-state index in [-0.39, 0.29) is 5.75 Å². The highest BCUT2D eigenvalue weighted by atomic mass is 32.2. The topological polar surface area (TPSA) is 60.4 Å². The molecule has 2 rings (SSSR count). The van der Waals surface area contributed by atoms with Gasteiger partial charge in [-0.3, -0.25) is 4.79 Å². The first-order chi connectivity index (χ1) is 8.62. The summed E-state index contributed by atoms with van der Waals surface area (Å²) >= 11 is 0. The summed E-state index contributed by atoms with van der Waals surface area (Å²) in [5.41, 5.74) is -1.53. The summed E-state index contributed by atoms with van der Waals surface area (Å²) < 4.78 is 68.3. The van der Waals surface area contributed by atoms with Gasteiger partial charge in [0.25, 0.3) is 0 Å². The molecule has 0 heterocycles. The van der Waals surface area contributed by atoms with E-state index < -0.39 is 43.7 Å². The van der Waals surface area contributed by atoms with Crippen LogP contribution in [0.4, 0.5) is 13.2 Å². The van der Waals surface area contributed by atoms with Crippen LogP contribution in [-0.4, -0.2) is 33.5 Å². The molecule has 0 radical (unpaired) electrons. The molecule has 4 nitrogen and oxygen atoms in total. The Bertz CT molecular complexity index is 667. The lowest BCUT2D eigenvalue weighted by atomic mass is 10.1. The van der Waals surface area contributed by atoms with Crippen molar-refractivity contribution >= 4 is 15.6 Å². The number of alkyl halides is 3. The molecule has 0 aromatic heterocycles. The Balaban J connectivity index is 2.89. The molecule has 1 aromatic rings. The molecule has 1 unspecified atom stereocenters. The van der Waals surface area contributed by atoms with Crippen molar-refractivity contribution in [1.29, 1.82) is 0 Å². The smallest absolute Gasteiger partial charge is 0.344 e. The second-order valence-electron chi connectivity index (χ2n) is 4.14. The van der Waals surface area contributed by atoms with Gasteiger partial charge in [0.1, 0.15) is 5.75 Å². The van der Waals surface area contributed by atoms with Crippen LogP contribution < -0.4 is 4.74 Å². The Morgan fingerprint density at radius 2 is 1.89 bits per heavy atom. The molecule has 0 bridgehead atoms. The van der Waals surface area contributed by atoms with Gasteiger partial charge in [-0.25, -0.2) is 12.8 Å². The quantitative estimate of drug-likeness (QED) is 0.836. The van der Waals surface area contributed by atoms with Gasteiger partial charge in [-0.1, -0.05) is 0 Å². The summed E-state index contributed by atoms with van der Waals surface area (Å²) in [6.07, 6.45) is -2.15. The van der Waals surface area contributed by atoms with Gasteiger partial charge in [0.05, 0.1) is 17.6 Å². The molecule has 1 aromatic carbocycles. The number of fused-ring (bicyclic) bond motifs is 1. The monoisotopic (exact) mass is 294 g/mol. The number of benzene rings is 1. The highest BCUT2D eigenvalue weighted by Gasteiger charge is 2.59. The lowest BCUT2D eigenvalue weighted by Crippen LogP contribution is -2.26. The highest BCUT2D eigenvalue weighted by molar-refractivity contribution is 7.90. The van der Waals surface area contributed by atoms with Crippen molar-refractivity contribution in [2.75, 3.05) is 13.4 Å². The van der Waals surface area contributed by atoms with Gasteiger partial charge in [-0.05, 0) is 12.1 Å². The third-order valence-electron chi connectivity index (χ3n) is 2.89. The van der Waals surface area contributed by atoms with Gasteiger partial charge >= 0.3 is 5.92 Å². The second kappa shape index (κ2) is 3.96. The molecule has 1 atom stereocenters. The molecule has 0 amide bonds. The minimum absolute atomic E-state index is 0.277. The van der Waals surface area contributed by atoms with Crippen LogP contribution in [0.15, 0.2) is 17.0 Å². The maximum atomic E-state index is 13.7. The Kier molecular flexibility index (Phi) is 2.89. The molecule has 0 saturated carbocycles. The summed E-state index contributed by atoms with van der Waals surface area (Å²) in [6, 6.07) is 2.01. The van der Waals surface area contributed by atoms with E-state index in [1.165, 1.54) is 0 Å². The minimum atomic E-state index is -4.28. The van der Waals surface area contributed by atoms with Gasteiger partial charge in [0.2, 0.25) is 12.0 Å². The normalized spacial score (nSPS) is 21.3. The molecule has 0 aliphatic heterocycles. The van der Waals surface area contributed by atoms with Crippen molar-refractivity contribution in [2.24, 2.45) is 0 Å². The molecular weight excluding hydrogens is 285 g/mol. The van der Waals surface area contributed by atoms with Crippen LogP contribution in [0, 0.1) is 0 Å². The zero-order chi connectivity index (χ0) is 14.6. The number of hydrogen-bond donors (Lipinski definition) is 0. The zero-order valence-corrected chi connectivity index (χ0v) is 10.7. The Morgan fingerprint density at radius 1 is 1.32 bits per heavy atom. The number of carbonyl (C=O) groups is 1. The maximum Gasteiger partial charge on any atom is 0.344 e. The van der Waals surface area contributed by atoms with Gasteiger partial charge in [0, 0.05) is 11.8 Å². The molecule has 104 valence electrons. The molecule has 0 saturated heterocycles. The number of halogens is 3. The third kappa shape index (κ3) is 1.81. The minimum Gasteiger partial charge on any atom is -0.496 e. The second-order valence-corrected chi connectivity index (χ2v) is 6.13. The van der Waals surface area contributed by atoms with E-state index in [9.17, 15) is 26.4 Å². The van der Waals surface area contributed by atoms with Gasteiger partial charge in [-0.15, -0.1) is 0 Å². The maximum absolute atomic E-state index is 13.7. The number of ether oxygens (including phenoxy) is 1. The molecule has 1 aliphatic carbocycles. The Hall–Kier alpha value is -1.57. The Labute approximate surface area is 107 Å². The van der Waals surface area contributed by atoms with Crippen LogP contribution in [-0.2, 0) is 9.84 Å². The van der Waals surface area contributed by atoms with Crippen LogP contribution in [0.1, 0.15) is 22.1 Å². The average Bonchev–Trinajstić information content (AvgIpc) is 2.49. The number of Topliss-reactive ketones (excluding diaryl/α,β-unsaturated/α-hetero) is 1. The molecule has 1 aliphatic rings. The fourth-order valence-electron chi connectivity index (χ4n) is 2.02. The van der Waals surface area contributed by atoms with Crippen molar-refractivity contribution in [3.63, 3.8) is 0 Å². The zero-order valence-electron chi connectivity index (χ0n) is 9.91. The predicted octanol–water partition coefficient (Wildman–Crippen LogP) is 1.94. The van der Waals surface area contributed by atoms with Crippen molar-refractivity contribution in [2.45, 2.75) is 17.0 Å². The fourth-order valence-corrected chi connectivity index (χ4v) is 2.90. The molecule has 0 spiro atoms. The summed E-state index contributed by atoms with van der Waals surface area (Å²) in [5.74, 6) is -6.40. The van der Waals surface area contributed by atoms with Crippen LogP contribution in [0.5, 0.6) is 5.75 Å². The fraction of sp³-hybridized carbons (Fsp3) is 0.364. The van der Waals surface area contributed by atoms with E-state index in [1.54, 1.807) is 0 Å². The lowest BCUT2D eigenvalue weighted by Gasteiger charge is -2.11. The predicted molar refractivity (Wildman–Crippen MR) is 59.2 cm³/mol. The van der Waals surface area contributed by atoms with Crippen molar-refractivity contribution in [3.8, 4) is 5.75 Å². The van der Waals surface area contributed by atoms with Gasteiger partial charge in [-0.2, -0.15) is 8.78 Å². The first kappa shape index (κ1) is 13.9. The highest BCUT2D eigenvalue weighted by Crippen LogP contribution is 2.50. The number of sulfone groups is 1. The number of hydrogen-bond acceptors (Lipinski definition) is 4. The third-order valence-corrected chi connectivity index (χ3v) is 4.03.